The molecule has 1 aromatic carbocycles. The van der Waals surface area contributed by atoms with Crippen LogP contribution in [0.2, 0.25) is 0 Å². The van der Waals surface area contributed by atoms with Gasteiger partial charge in [-0.2, -0.15) is 5.10 Å². The van der Waals surface area contributed by atoms with Crippen molar-refractivity contribution in [1.29, 1.82) is 0 Å². The predicted molar refractivity (Wildman–Crippen MR) is 74.0 cm³/mol. The highest BCUT2D eigenvalue weighted by molar-refractivity contribution is 6.08. The Morgan fingerprint density at radius 1 is 1.32 bits per heavy atom. The quantitative estimate of drug-likeness (QED) is 0.436. The topological polar surface area (TPSA) is 162 Å². The van der Waals surface area contributed by atoms with Crippen LogP contribution < -0.4 is 5.32 Å². The second kappa shape index (κ2) is 5.78. The van der Waals surface area contributed by atoms with Gasteiger partial charge in [0.1, 0.15) is 11.4 Å². The van der Waals surface area contributed by atoms with Crippen LogP contribution >= 0.6 is 0 Å². The summed E-state index contributed by atoms with van der Waals surface area (Å²) in [6, 6.07) is 0.981. The fourth-order valence-corrected chi connectivity index (χ4v) is 1.41. The molecule has 1 aliphatic heterocycles. The Bertz CT molecular complexity index is 766. The van der Waals surface area contributed by atoms with Crippen molar-refractivity contribution in [3.8, 4) is 11.5 Å². The molecule has 1 heterocycles. The molecule has 22 heavy (non-hydrogen) atoms. The van der Waals surface area contributed by atoms with Crippen molar-refractivity contribution >= 4 is 23.8 Å². The number of rotatable bonds is 3. The SMILES string of the molecule is C=C1N=NC(=O)N/C1=N/N=C/c1cc([N+](=O)[O-])c(O)cc1O. The van der Waals surface area contributed by atoms with Crippen LogP contribution in [0.5, 0.6) is 11.5 Å². The third-order valence-corrected chi connectivity index (χ3v) is 2.44. The first kappa shape index (κ1) is 14.8. The van der Waals surface area contributed by atoms with Crippen molar-refractivity contribution in [3.63, 3.8) is 0 Å². The molecule has 3 N–H and O–H groups in total. The van der Waals surface area contributed by atoms with Crippen molar-refractivity contribution in [3.05, 3.63) is 40.1 Å². The molecular weight excluding hydrogens is 296 g/mol. The van der Waals surface area contributed by atoms with E-state index in [0.717, 1.165) is 18.3 Å². The van der Waals surface area contributed by atoms with Crippen LogP contribution in [-0.2, 0) is 0 Å². The molecule has 0 unspecified atom stereocenters. The smallest absolute Gasteiger partial charge is 0.365 e. The molecule has 1 aliphatic rings. The van der Waals surface area contributed by atoms with E-state index in [2.05, 4.69) is 32.3 Å². The molecule has 1 aromatic rings. The molecule has 0 atom stereocenters. The van der Waals surface area contributed by atoms with Gasteiger partial charge in [-0.25, -0.2) is 4.79 Å². The zero-order chi connectivity index (χ0) is 16.3. The number of hydrogen-bond acceptors (Lipinski definition) is 8. The fraction of sp³-hybridized carbons (Fsp3) is 0. The first-order valence-corrected chi connectivity index (χ1v) is 5.62. The Hall–Kier alpha value is -3.63. The zero-order valence-corrected chi connectivity index (χ0v) is 10.8. The van der Waals surface area contributed by atoms with Gasteiger partial charge in [0.15, 0.2) is 11.6 Å². The monoisotopic (exact) mass is 304 g/mol. The second-order valence-corrected chi connectivity index (χ2v) is 3.93. The second-order valence-electron chi connectivity index (χ2n) is 3.93. The molecule has 0 bridgehead atoms. The van der Waals surface area contributed by atoms with E-state index >= 15 is 0 Å². The van der Waals surface area contributed by atoms with Crippen molar-refractivity contribution in [2.45, 2.75) is 0 Å². The van der Waals surface area contributed by atoms with E-state index in [-0.39, 0.29) is 17.1 Å². The number of nitro benzene ring substituents is 1. The van der Waals surface area contributed by atoms with Crippen LogP contribution in [0.25, 0.3) is 0 Å². The Morgan fingerprint density at radius 3 is 2.73 bits per heavy atom. The van der Waals surface area contributed by atoms with Gasteiger partial charge in [-0.05, 0) is 0 Å². The van der Waals surface area contributed by atoms with Gasteiger partial charge < -0.3 is 10.2 Å². The van der Waals surface area contributed by atoms with Crippen LogP contribution in [0.15, 0.2) is 44.8 Å². The average molecular weight is 304 g/mol. The minimum atomic E-state index is -0.818. The number of phenols is 2. The number of nitro groups is 1. The van der Waals surface area contributed by atoms with Gasteiger partial charge in [0, 0.05) is 17.7 Å². The summed E-state index contributed by atoms with van der Waals surface area (Å²) in [7, 11) is 0. The number of urea groups is 1. The third kappa shape index (κ3) is 3.09. The Labute approximate surface area is 122 Å². The van der Waals surface area contributed by atoms with E-state index in [1.807, 2.05) is 0 Å². The summed E-state index contributed by atoms with van der Waals surface area (Å²) in [6.45, 7) is 3.47. The molecule has 0 saturated heterocycles. The summed E-state index contributed by atoms with van der Waals surface area (Å²) in [5.41, 5.74) is -0.586. The predicted octanol–water partition coefficient (Wildman–Crippen LogP) is 1.43. The molecule has 11 heteroatoms. The highest BCUT2D eigenvalue weighted by Gasteiger charge is 2.17. The number of carbonyl (C=O) groups is 1. The van der Waals surface area contributed by atoms with Gasteiger partial charge >= 0.3 is 11.7 Å². The van der Waals surface area contributed by atoms with Gasteiger partial charge in [-0.15, -0.1) is 10.2 Å². The van der Waals surface area contributed by atoms with Crippen LogP contribution in [0.3, 0.4) is 0 Å². The van der Waals surface area contributed by atoms with E-state index in [9.17, 15) is 25.1 Å². The normalized spacial score (nSPS) is 16.3. The Balaban J connectivity index is 2.29. The Kier molecular flexibility index (Phi) is 3.88. The molecule has 0 aliphatic carbocycles. The lowest BCUT2D eigenvalue weighted by Gasteiger charge is -2.06. The summed E-state index contributed by atoms with van der Waals surface area (Å²) >= 11 is 0. The standard InChI is InChI=1S/C11H8N6O5/c1-5-10(13-11(20)16-14-5)15-12-4-6-2-7(17(21)22)9(19)3-8(6)18/h2-4,18-19H,1H2,(H,13,15,20)/b12-4+. The first-order chi connectivity index (χ1) is 10.4. The van der Waals surface area contributed by atoms with E-state index in [1.54, 1.807) is 0 Å². The number of azo groups is 1. The largest absolute Gasteiger partial charge is 0.507 e. The van der Waals surface area contributed by atoms with E-state index < -0.39 is 28.1 Å². The number of aromatic hydroxyl groups is 2. The highest BCUT2D eigenvalue weighted by atomic mass is 16.6. The maximum absolute atomic E-state index is 11.0. The van der Waals surface area contributed by atoms with Crippen LogP contribution in [0.1, 0.15) is 5.56 Å². The third-order valence-electron chi connectivity index (χ3n) is 2.44. The molecule has 2 rings (SSSR count). The summed E-state index contributed by atoms with van der Waals surface area (Å²) in [5, 5.41) is 45.6. The lowest BCUT2D eigenvalue weighted by molar-refractivity contribution is -0.385. The first-order valence-electron chi connectivity index (χ1n) is 5.62. The zero-order valence-electron chi connectivity index (χ0n) is 10.8. The summed E-state index contributed by atoms with van der Waals surface area (Å²) in [5.74, 6) is -1.17. The van der Waals surface area contributed by atoms with E-state index in [4.69, 9.17) is 0 Å². The fourth-order valence-electron chi connectivity index (χ4n) is 1.41. The maximum Gasteiger partial charge on any atom is 0.365 e. The summed E-state index contributed by atoms with van der Waals surface area (Å²) < 4.78 is 0. The number of nitrogens with zero attached hydrogens (tertiary/aromatic N) is 5. The molecule has 112 valence electrons. The van der Waals surface area contributed by atoms with E-state index in [0.29, 0.717) is 0 Å². The van der Waals surface area contributed by atoms with Crippen molar-refractivity contribution < 1.29 is 19.9 Å². The molecule has 0 fully saturated rings. The van der Waals surface area contributed by atoms with Crippen molar-refractivity contribution in [2.75, 3.05) is 0 Å². The van der Waals surface area contributed by atoms with Crippen molar-refractivity contribution in [2.24, 2.45) is 20.4 Å². The molecule has 0 aromatic heterocycles. The molecule has 11 nitrogen and oxygen atoms in total. The number of hydrogen-bond donors (Lipinski definition) is 3. The summed E-state index contributed by atoms with van der Waals surface area (Å²) in [4.78, 5) is 20.9. The lowest BCUT2D eigenvalue weighted by Crippen LogP contribution is -2.31. The van der Waals surface area contributed by atoms with E-state index in [1.165, 1.54) is 0 Å². The van der Waals surface area contributed by atoms with Gasteiger partial charge in [-0.3, -0.25) is 15.4 Å². The summed E-state index contributed by atoms with van der Waals surface area (Å²) in [6.07, 6.45) is 1.000. The van der Waals surface area contributed by atoms with Gasteiger partial charge in [-0.1, -0.05) is 11.7 Å². The van der Waals surface area contributed by atoms with Crippen LogP contribution in [0.4, 0.5) is 10.5 Å². The van der Waals surface area contributed by atoms with Gasteiger partial charge in [0.25, 0.3) is 0 Å². The molecule has 0 saturated carbocycles. The van der Waals surface area contributed by atoms with Gasteiger partial charge in [0.2, 0.25) is 0 Å². The maximum atomic E-state index is 11.0. The molecular formula is C11H8N6O5. The minimum absolute atomic E-state index is 0.0518. The number of nitrogens with one attached hydrogen (secondary N) is 1. The number of carbonyl (C=O) groups excluding carboxylic acids is 1. The highest BCUT2D eigenvalue weighted by Crippen LogP contribution is 2.31. The molecule has 0 radical (unpaired) electrons. The van der Waals surface area contributed by atoms with Crippen molar-refractivity contribution in [1.82, 2.24) is 5.32 Å². The molecule has 2 amide bonds. The van der Waals surface area contributed by atoms with Gasteiger partial charge in [0.05, 0.1) is 11.1 Å². The lowest BCUT2D eigenvalue weighted by atomic mass is 10.2. The van der Waals surface area contributed by atoms with Crippen LogP contribution in [-0.4, -0.2) is 33.2 Å². The number of phenolic OH excluding ortho intramolecular Hbond substituents is 2. The Morgan fingerprint density at radius 2 is 2.05 bits per heavy atom. The number of amides is 2. The van der Waals surface area contributed by atoms with Crippen LogP contribution in [0, 0.1) is 10.1 Å². The average Bonchev–Trinajstić information content (AvgIpc) is 2.44. The number of benzene rings is 1. The number of amidine groups is 1. The molecule has 0 spiro atoms. The minimum Gasteiger partial charge on any atom is -0.507 e.